The van der Waals surface area contributed by atoms with Crippen molar-refractivity contribution in [2.24, 2.45) is 5.41 Å². The van der Waals surface area contributed by atoms with Gasteiger partial charge in [0.1, 0.15) is 6.17 Å². The lowest BCUT2D eigenvalue weighted by molar-refractivity contribution is -0.117. The number of benzene rings is 2. The molecule has 142 valence electrons. The summed E-state index contributed by atoms with van der Waals surface area (Å²) in [5.74, 6) is -0.164. The first-order valence-corrected chi connectivity index (χ1v) is 9.39. The Morgan fingerprint density at radius 1 is 1.00 bits per heavy atom. The molecule has 27 heavy (non-hydrogen) atoms. The first-order valence-electron chi connectivity index (χ1n) is 8.98. The smallest absolute Gasteiger partial charge is 0.245 e. The van der Waals surface area contributed by atoms with Crippen LogP contribution in [0.2, 0.25) is 0 Å². The third-order valence-electron chi connectivity index (χ3n) is 3.70. The molecule has 2 rings (SSSR count). The molecule has 0 aliphatic carbocycles. The van der Waals surface area contributed by atoms with Crippen LogP contribution in [-0.2, 0) is 4.79 Å². The number of amides is 1. The van der Waals surface area contributed by atoms with Gasteiger partial charge < -0.3 is 16.0 Å². The van der Waals surface area contributed by atoms with Crippen LogP contribution in [0, 0.1) is 5.41 Å². The Hall–Kier alpha value is -2.66. The SMILES string of the molecule is CC(C)(C)CC(NC(=O)C=Cc1ccccc1)NC(=S)Nc1ccccc1. The Kier molecular flexibility index (Phi) is 7.55. The second-order valence-corrected chi connectivity index (χ2v) is 7.94. The minimum absolute atomic E-state index is 0.0243. The van der Waals surface area contributed by atoms with E-state index >= 15 is 0 Å². The first-order chi connectivity index (χ1) is 12.8. The Labute approximate surface area is 167 Å². The fraction of sp³-hybridized carbons (Fsp3) is 0.273. The zero-order chi connectivity index (χ0) is 19.7. The summed E-state index contributed by atoms with van der Waals surface area (Å²) >= 11 is 5.40. The highest BCUT2D eigenvalue weighted by atomic mass is 32.1. The number of thiocarbonyl (C=S) groups is 1. The molecule has 1 unspecified atom stereocenters. The first kappa shape index (κ1) is 20.6. The molecule has 2 aromatic rings. The van der Waals surface area contributed by atoms with Crippen molar-refractivity contribution in [1.82, 2.24) is 10.6 Å². The van der Waals surface area contributed by atoms with Crippen molar-refractivity contribution in [3.8, 4) is 0 Å². The zero-order valence-corrected chi connectivity index (χ0v) is 16.8. The van der Waals surface area contributed by atoms with E-state index in [-0.39, 0.29) is 17.5 Å². The average molecular weight is 382 g/mol. The summed E-state index contributed by atoms with van der Waals surface area (Å²) in [7, 11) is 0. The third-order valence-corrected chi connectivity index (χ3v) is 3.92. The van der Waals surface area contributed by atoms with E-state index in [2.05, 4.69) is 36.7 Å². The number of rotatable bonds is 6. The number of anilines is 1. The predicted molar refractivity (Wildman–Crippen MR) is 117 cm³/mol. The van der Waals surface area contributed by atoms with Crippen molar-refractivity contribution in [3.05, 3.63) is 72.3 Å². The molecule has 1 atom stereocenters. The molecule has 0 fully saturated rings. The summed E-state index contributed by atoms with van der Waals surface area (Å²) < 4.78 is 0. The monoisotopic (exact) mass is 381 g/mol. The van der Waals surface area contributed by atoms with Gasteiger partial charge in [-0.25, -0.2) is 0 Å². The fourth-order valence-electron chi connectivity index (χ4n) is 2.55. The van der Waals surface area contributed by atoms with Crippen LogP contribution in [-0.4, -0.2) is 17.2 Å². The van der Waals surface area contributed by atoms with Gasteiger partial charge in [0.15, 0.2) is 5.11 Å². The summed E-state index contributed by atoms with van der Waals surface area (Å²) in [6.45, 7) is 6.38. The van der Waals surface area contributed by atoms with Crippen molar-refractivity contribution in [2.75, 3.05) is 5.32 Å². The fourth-order valence-corrected chi connectivity index (χ4v) is 2.81. The number of para-hydroxylation sites is 1. The number of carbonyl (C=O) groups excluding carboxylic acids is 1. The van der Waals surface area contributed by atoms with Crippen molar-refractivity contribution in [3.63, 3.8) is 0 Å². The van der Waals surface area contributed by atoms with Gasteiger partial charge in [-0.15, -0.1) is 0 Å². The minimum atomic E-state index is -0.276. The Balaban J connectivity index is 1.97. The van der Waals surface area contributed by atoms with Gasteiger partial charge in [-0.05, 0) is 47.8 Å². The van der Waals surface area contributed by atoms with E-state index in [1.54, 1.807) is 12.2 Å². The lowest BCUT2D eigenvalue weighted by Crippen LogP contribution is -2.50. The number of nitrogens with one attached hydrogen (secondary N) is 3. The van der Waals surface area contributed by atoms with E-state index in [1.807, 2.05) is 60.7 Å². The van der Waals surface area contributed by atoms with E-state index in [0.29, 0.717) is 5.11 Å². The normalized spacial score (nSPS) is 12.4. The maximum Gasteiger partial charge on any atom is 0.245 e. The molecular formula is C22H27N3OS. The predicted octanol–water partition coefficient (Wildman–Crippen LogP) is 4.56. The van der Waals surface area contributed by atoms with Gasteiger partial charge in [0.2, 0.25) is 5.91 Å². The molecule has 0 bridgehead atoms. The zero-order valence-electron chi connectivity index (χ0n) is 16.0. The summed E-state index contributed by atoms with van der Waals surface area (Å²) in [5.41, 5.74) is 1.91. The lowest BCUT2D eigenvalue weighted by Gasteiger charge is -2.28. The quantitative estimate of drug-likeness (QED) is 0.390. The van der Waals surface area contributed by atoms with Gasteiger partial charge in [-0.3, -0.25) is 4.79 Å². The molecule has 0 heterocycles. The van der Waals surface area contributed by atoms with Gasteiger partial charge in [0, 0.05) is 11.8 Å². The largest absolute Gasteiger partial charge is 0.342 e. The maximum absolute atomic E-state index is 12.4. The van der Waals surface area contributed by atoms with E-state index in [1.165, 1.54) is 0 Å². The van der Waals surface area contributed by atoms with Gasteiger partial charge >= 0.3 is 0 Å². The topological polar surface area (TPSA) is 53.2 Å². The third kappa shape index (κ3) is 8.51. The lowest BCUT2D eigenvalue weighted by atomic mass is 9.90. The highest BCUT2D eigenvalue weighted by Gasteiger charge is 2.20. The Morgan fingerprint density at radius 2 is 1.59 bits per heavy atom. The van der Waals surface area contributed by atoms with Gasteiger partial charge in [0.25, 0.3) is 0 Å². The van der Waals surface area contributed by atoms with Crippen LogP contribution in [0.5, 0.6) is 0 Å². The van der Waals surface area contributed by atoms with Crippen molar-refractivity contribution in [1.29, 1.82) is 0 Å². The highest BCUT2D eigenvalue weighted by molar-refractivity contribution is 7.80. The summed E-state index contributed by atoms with van der Waals surface area (Å²) in [6, 6.07) is 19.4. The number of carbonyl (C=O) groups is 1. The van der Waals surface area contributed by atoms with Crippen LogP contribution in [0.3, 0.4) is 0 Å². The number of hydrogen-bond acceptors (Lipinski definition) is 2. The molecule has 0 radical (unpaired) electrons. The molecule has 1 amide bonds. The molecule has 0 saturated heterocycles. The standard InChI is InChI=1S/C22H27N3OS/c1-22(2,3)16-19(25-21(27)23-18-12-8-5-9-13-18)24-20(26)15-14-17-10-6-4-7-11-17/h4-15,19H,16H2,1-3H3,(H,24,26)(H2,23,25,27). The van der Waals surface area contributed by atoms with E-state index in [0.717, 1.165) is 17.7 Å². The molecule has 3 N–H and O–H groups in total. The molecule has 0 aliphatic heterocycles. The molecule has 2 aromatic carbocycles. The number of hydrogen-bond donors (Lipinski definition) is 3. The molecule has 0 aromatic heterocycles. The van der Waals surface area contributed by atoms with Gasteiger partial charge in [-0.2, -0.15) is 0 Å². The maximum atomic E-state index is 12.4. The van der Waals surface area contributed by atoms with Crippen molar-refractivity contribution < 1.29 is 4.79 Å². The molecule has 4 nitrogen and oxygen atoms in total. The van der Waals surface area contributed by atoms with Crippen LogP contribution in [0.4, 0.5) is 5.69 Å². The molecular weight excluding hydrogens is 354 g/mol. The van der Waals surface area contributed by atoms with Crippen LogP contribution in [0.1, 0.15) is 32.8 Å². The Morgan fingerprint density at radius 3 is 2.19 bits per heavy atom. The highest BCUT2D eigenvalue weighted by Crippen LogP contribution is 2.20. The summed E-state index contributed by atoms with van der Waals surface area (Å²) in [5, 5.41) is 9.82. The van der Waals surface area contributed by atoms with Crippen LogP contribution in [0.15, 0.2) is 66.7 Å². The van der Waals surface area contributed by atoms with E-state index < -0.39 is 0 Å². The molecule has 5 heteroatoms. The van der Waals surface area contributed by atoms with E-state index in [4.69, 9.17) is 12.2 Å². The molecule has 0 saturated carbocycles. The average Bonchev–Trinajstić information content (AvgIpc) is 2.60. The van der Waals surface area contributed by atoms with Gasteiger partial charge in [0.05, 0.1) is 0 Å². The molecule has 0 aliphatic rings. The second kappa shape index (κ2) is 9.88. The van der Waals surface area contributed by atoms with Crippen LogP contribution in [0.25, 0.3) is 6.08 Å². The second-order valence-electron chi connectivity index (χ2n) is 7.53. The van der Waals surface area contributed by atoms with Crippen molar-refractivity contribution >= 4 is 35.0 Å². The van der Waals surface area contributed by atoms with Crippen LogP contribution < -0.4 is 16.0 Å². The minimum Gasteiger partial charge on any atom is -0.342 e. The molecule has 0 spiro atoms. The summed E-state index contributed by atoms with van der Waals surface area (Å²) in [4.78, 5) is 12.4. The Bertz CT molecular complexity index is 767. The van der Waals surface area contributed by atoms with Crippen LogP contribution >= 0.6 is 12.2 Å². The van der Waals surface area contributed by atoms with Crippen molar-refractivity contribution in [2.45, 2.75) is 33.4 Å². The van der Waals surface area contributed by atoms with E-state index in [9.17, 15) is 4.79 Å². The summed E-state index contributed by atoms with van der Waals surface area (Å²) in [6.07, 6.45) is 3.79. The van der Waals surface area contributed by atoms with Gasteiger partial charge in [-0.1, -0.05) is 69.3 Å².